The standard InChI is InChI=1S/C9H9NOS/c1-3-4-5-8(11)9-6-10-7(2)12-9/h1,6H,4-5H2,2H3. The SMILES string of the molecule is C#CCCC(=O)c1cnc(C)s1. The van der Waals surface area contributed by atoms with Gasteiger partial charge >= 0.3 is 0 Å². The molecule has 0 aromatic carbocycles. The van der Waals surface area contributed by atoms with Crippen LogP contribution in [0, 0.1) is 19.3 Å². The number of hydrogen-bond donors (Lipinski definition) is 0. The van der Waals surface area contributed by atoms with E-state index in [9.17, 15) is 4.79 Å². The summed E-state index contributed by atoms with van der Waals surface area (Å²) in [6.07, 6.45) is 7.59. The van der Waals surface area contributed by atoms with E-state index in [-0.39, 0.29) is 5.78 Å². The van der Waals surface area contributed by atoms with Crippen LogP contribution in [0.2, 0.25) is 0 Å². The first kappa shape index (κ1) is 8.95. The summed E-state index contributed by atoms with van der Waals surface area (Å²) in [5.41, 5.74) is 0. The molecule has 0 radical (unpaired) electrons. The van der Waals surface area contributed by atoms with Crippen molar-refractivity contribution in [1.29, 1.82) is 0 Å². The smallest absolute Gasteiger partial charge is 0.175 e. The molecule has 0 bridgehead atoms. The van der Waals surface area contributed by atoms with E-state index in [1.54, 1.807) is 6.20 Å². The number of Topliss-reactive ketones (excluding diaryl/α,β-unsaturated/α-hetero) is 1. The third kappa shape index (κ3) is 2.18. The number of thiazole rings is 1. The third-order valence-corrected chi connectivity index (χ3v) is 2.35. The van der Waals surface area contributed by atoms with E-state index in [4.69, 9.17) is 6.42 Å². The van der Waals surface area contributed by atoms with Crippen molar-refractivity contribution >= 4 is 17.1 Å². The number of hydrogen-bond acceptors (Lipinski definition) is 3. The Labute approximate surface area is 75.6 Å². The van der Waals surface area contributed by atoms with E-state index in [0.29, 0.717) is 17.7 Å². The van der Waals surface area contributed by atoms with E-state index < -0.39 is 0 Å². The van der Waals surface area contributed by atoms with Gasteiger partial charge in [-0.25, -0.2) is 4.98 Å². The van der Waals surface area contributed by atoms with Crippen molar-refractivity contribution in [1.82, 2.24) is 4.98 Å². The van der Waals surface area contributed by atoms with E-state index in [1.165, 1.54) is 11.3 Å². The molecule has 0 fully saturated rings. The van der Waals surface area contributed by atoms with Gasteiger partial charge in [-0.3, -0.25) is 4.79 Å². The van der Waals surface area contributed by atoms with E-state index in [1.807, 2.05) is 6.92 Å². The highest BCUT2D eigenvalue weighted by Crippen LogP contribution is 2.14. The Bertz CT molecular complexity index is 322. The molecule has 12 heavy (non-hydrogen) atoms. The Morgan fingerprint density at radius 3 is 3.08 bits per heavy atom. The van der Waals surface area contributed by atoms with Crippen molar-refractivity contribution in [2.45, 2.75) is 19.8 Å². The fourth-order valence-corrected chi connectivity index (χ4v) is 1.54. The predicted molar refractivity (Wildman–Crippen MR) is 49.2 cm³/mol. The Balaban J connectivity index is 2.61. The predicted octanol–water partition coefficient (Wildman–Crippen LogP) is 2.05. The second-order valence-electron chi connectivity index (χ2n) is 2.37. The van der Waals surface area contributed by atoms with Gasteiger partial charge in [-0.2, -0.15) is 0 Å². The average molecular weight is 179 g/mol. The first-order valence-electron chi connectivity index (χ1n) is 3.63. The fraction of sp³-hybridized carbons (Fsp3) is 0.333. The van der Waals surface area contributed by atoms with Crippen LogP contribution < -0.4 is 0 Å². The highest BCUT2D eigenvalue weighted by atomic mass is 32.1. The minimum absolute atomic E-state index is 0.0959. The second-order valence-corrected chi connectivity index (χ2v) is 3.61. The van der Waals surface area contributed by atoms with Crippen molar-refractivity contribution < 1.29 is 4.79 Å². The number of carbonyl (C=O) groups excluding carboxylic acids is 1. The van der Waals surface area contributed by atoms with Crippen molar-refractivity contribution in [2.75, 3.05) is 0 Å². The van der Waals surface area contributed by atoms with Gasteiger partial charge in [-0.05, 0) is 6.92 Å². The number of aromatic nitrogens is 1. The molecular weight excluding hydrogens is 170 g/mol. The number of carbonyl (C=O) groups is 1. The lowest BCUT2D eigenvalue weighted by atomic mass is 10.2. The number of terminal acetylenes is 1. The molecule has 0 aliphatic heterocycles. The van der Waals surface area contributed by atoms with Gasteiger partial charge in [0.25, 0.3) is 0 Å². The molecule has 0 aliphatic rings. The van der Waals surface area contributed by atoms with Gasteiger partial charge in [0.1, 0.15) is 0 Å². The van der Waals surface area contributed by atoms with Crippen molar-refractivity contribution in [2.24, 2.45) is 0 Å². The highest BCUT2D eigenvalue weighted by Gasteiger charge is 2.07. The van der Waals surface area contributed by atoms with Crippen LogP contribution in [0.25, 0.3) is 0 Å². The van der Waals surface area contributed by atoms with Crippen LogP contribution >= 0.6 is 11.3 Å². The molecule has 0 N–H and O–H groups in total. The number of ketones is 1. The Hall–Kier alpha value is -1.14. The van der Waals surface area contributed by atoms with Crippen LogP contribution in [-0.4, -0.2) is 10.8 Å². The van der Waals surface area contributed by atoms with E-state index >= 15 is 0 Å². The lowest BCUT2D eigenvalue weighted by Crippen LogP contribution is -1.93. The molecule has 62 valence electrons. The van der Waals surface area contributed by atoms with Crippen LogP contribution in [0.3, 0.4) is 0 Å². The third-order valence-electron chi connectivity index (χ3n) is 1.39. The summed E-state index contributed by atoms with van der Waals surface area (Å²) in [7, 11) is 0. The average Bonchev–Trinajstić information content (AvgIpc) is 2.47. The van der Waals surface area contributed by atoms with E-state index in [0.717, 1.165) is 5.01 Å². The Morgan fingerprint density at radius 1 is 1.83 bits per heavy atom. The monoisotopic (exact) mass is 179 g/mol. The summed E-state index contributed by atoms with van der Waals surface area (Å²) in [4.78, 5) is 16.0. The van der Waals surface area contributed by atoms with Crippen LogP contribution in [0.15, 0.2) is 6.20 Å². The van der Waals surface area contributed by atoms with Crippen molar-refractivity contribution in [3.8, 4) is 12.3 Å². The molecule has 2 nitrogen and oxygen atoms in total. The summed E-state index contributed by atoms with van der Waals surface area (Å²) in [6.45, 7) is 1.88. The molecule has 1 rings (SSSR count). The molecule has 3 heteroatoms. The van der Waals surface area contributed by atoms with Crippen molar-refractivity contribution in [3.63, 3.8) is 0 Å². The summed E-state index contributed by atoms with van der Waals surface area (Å²) in [6, 6.07) is 0. The van der Waals surface area contributed by atoms with Crippen molar-refractivity contribution in [3.05, 3.63) is 16.1 Å². The molecule has 0 saturated carbocycles. The zero-order valence-electron chi connectivity index (χ0n) is 6.83. The van der Waals surface area contributed by atoms with Gasteiger partial charge in [-0.1, -0.05) is 0 Å². The molecule has 0 amide bonds. The molecule has 0 spiro atoms. The zero-order chi connectivity index (χ0) is 8.97. The van der Waals surface area contributed by atoms with Crippen LogP contribution in [-0.2, 0) is 0 Å². The summed E-state index contributed by atoms with van der Waals surface area (Å²) in [5, 5.41) is 0.916. The molecule has 1 aromatic heterocycles. The second kappa shape index (κ2) is 4.03. The number of aryl methyl sites for hydroxylation is 1. The lowest BCUT2D eigenvalue weighted by molar-refractivity contribution is 0.0988. The van der Waals surface area contributed by atoms with E-state index in [2.05, 4.69) is 10.9 Å². The van der Waals surface area contributed by atoms with Gasteiger partial charge in [0.2, 0.25) is 0 Å². The van der Waals surface area contributed by atoms with Gasteiger partial charge in [0.05, 0.1) is 9.88 Å². The molecule has 1 heterocycles. The quantitative estimate of drug-likeness (QED) is 0.525. The first-order valence-corrected chi connectivity index (χ1v) is 4.45. The van der Waals surface area contributed by atoms with Crippen LogP contribution in [0.1, 0.15) is 27.5 Å². The highest BCUT2D eigenvalue weighted by molar-refractivity contribution is 7.13. The number of rotatable bonds is 3. The zero-order valence-corrected chi connectivity index (χ0v) is 7.65. The number of nitrogens with zero attached hydrogens (tertiary/aromatic N) is 1. The minimum Gasteiger partial charge on any atom is -0.293 e. The molecule has 0 atom stereocenters. The summed E-state index contributed by atoms with van der Waals surface area (Å²) >= 11 is 1.42. The molecular formula is C9H9NOS. The Kier molecular flexibility index (Phi) is 3.01. The van der Waals surface area contributed by atoms with Gasteiger partial charge in [0, 0.05) is 19.0 Å². The van der Waals surface area contributed by atoms with Crippen LogP contribution in [0.5, 0.6) is 0 Å². The van der Waals surface area contributed by atoms with Gasteiger partial charge < -0.3 is 0 Å². The normalized spacial score (nSPS) is 9.33. The fourth-order valence-electron chi connectivity index (χ4n) is 0.799. The maximum absolute atomic E-state index is 11.3. The molecule has 0 saturated heterocycles. The van der Waals surface area contributed by atoms with Gasteiger partial charge in [0.15, 0.2) is 5.78 Å². The summed E-state index contributed by atoms with van der Waals surface area (Å²) < 4.78 is 0. The maximum atomic E-state index is 11.3. The topological polar surface area (TPSA) is 30.0 Å². The minimum atomic E-state index is 0.0959. The summed E-state index contributed by atoms with van der Waals surface area (Å²) in [5.74, 6) is 2.53. The van der Waals surface area contributed by atoms with Crippen LogP contribution in [0.4, 0.5) is 0 Å². The Morgan fingerprint density at radius 2 is 2.58 bits per heavy atom. The molecule has 1 aromatic rings. The first-order chi connectivity index (χ1) is 5.74. The van der Waals surface area contributed by atoms with Gasteiger partial charge in [-0.15, -0.1) is 23.7 Å². The largest absolute Gasteiger partial charge is 0.293 e. The maximum Gasteiger partial charge on any atom is 0.175 e. The molecule has 0 unspecified atom stereocenters. The molecule has 0 aliphatic carbocycles. The lowest BCUT2D eigenvalue weighted by Gasteiger charge is -1.89.